The van der Waals surface area contributed by atoms with Crippen LogP contribution in [0.2, 0.25) is 0 Å². The fourth-order valence-corrected chi connectivity index (χ4v) is 3.62. The molecule has 0 saturated heterocycles. The number of unbranched alkanes of at least 4 members (excludes halogenated alkanes) is 1. The van der Waals surface area contributed by atoms with E-state index in [1.165, 1.54) is 12.1 Å². The Morgan fingerprint density at radius 3 is 2.50 bits per heavy atom. The van der Waals surface area contributed by atoms with Gasteiger partial charge in [-0.25, -0.2) is 4.39 Å². The first-order chi connectivity index (χ1) is 16.5. The van der Waals surface area contributed by atoms with E-state index >= 15 is 0 Å². The minimum Gasteiger partial charge on any atom is -0.467 e. The maximum atomic E-state index is 13.1. The van der Waals surface area contributed by atoms with Gasteiger partial charge < -0.3 is 20.0 Å². The van der Waals surface area contributed by atoms with E-state index in [1.54, 1.807) is 30.5 Å². The number of nitrogens with one attached hydrogen (secondary N) is 2. The highest BCUT2D eigenvalue weighted by Gasteiger charge is 2.19. The Morgan fingerprint density at radius 1 is 1.03 bits per heavy atom. The molecular formula is C27H32FN3O3. The van der Waals surface area contributed by atoms with Crippen molar-refractivity contribution < 1.29 is 18.4 Å². The van der Waals surface area contributed by atoms with Crippen molar-refractivity contribution in [3.63, 3.8) is 0 Å². The molecule has 1 heterocycles. The topological polar surface area (TPSA) is 74.6 Å². The van der Waals surface area contributed by atoms with Crippen LogP contribution in [-0.2, 0) is 17.8 Å². The molecule has 3 aromatic rings. The third-order valence-electron chi connectivity index (χ3n) is 5.39. The van der Waals surface area contributed by atoms with Crippen LogP contribution in [0.5, 0.6) is 0 Å². The zero-order valence-corrected chi connectivity index (χ0v) is 19.8. The number of furan rings is 1. The highest BCUT2D eigenvalue weighted by molar-refractivity contribution is 6.02. The first-order valence-corrected chi connectivity index (χ1v) is 11.7. The number of carbonyl (C=O) groups is 2. The molecule has 34 heavy (non-hydrogen) atoms. The lowest BCUT2D eigenvalue weighted by atomic mass is 10.1. The van der Waals surface area contributed by atoms with Gasteiger partial charge in [-0.3, -0.25) is 9.59 Å². The average Bonchev–Trinajstić information content (AvgIpc) is 3.35. The van der Waals surface area contributed by atoms with Crippen LogP contribution in [0.1, 0.15) is 54.8 Å². The first kappa shape index (κ1) is 25.0. The van der Waals surface area contributed by atoms with E-state index in [2.05, 4.69) is 22.5 Å². The van der Waals surface area contributed by atoms with E-state index in [4.69, 9.17) is 4.42 Å². The third kappa shape index (κ3) is 7.20. The first-order valence-electron chi connectivity index (χ1n) is 11.7. The summed E-state index contributed by atoms with van der Waals surface area (Å²) in [4.78, 5) is 27.8. The van der Waals surface area contributed by atoms with Crippen LogP contribution < -0.4 is 15.5 Å². The van der Waals surface area contributed by atoms with Crippen molar-refractivity contribution in [2.75, 3.05) is 23.3 Å². The number of halogens is 1. The van der Waals surface area contributed by atoms with Crippen LogP contribution in [0.3, 0.4) is 0 Å². The Bertz CT molecular complexity index is 1070. The molecule has 0 bridgehead atoms. The fraction of sp³-hybridized carbons (Fsp3) is 0.333. The van der Waals surface area contributed by atoms with Crippen molar-refractivity contribution in [3.8, 4) is 0 Å². The zero-order chi connectivity index (χ0) is 24.3. The smallest absolute Gasteiger partial charge is 0.253 e. The van der Waals surface area contributed by atoms with E-state index < -0.39 is 0 Å². The predicted molar refractivity (Wildman–Crippen MR) is 132 cm³/mol. The van der Waals surface area contributed by atoms with Crippen LogP contribution in [0.25, 0.3) is 0 Å². The van der Waals surface area contributed by atoms with Gasteiger partial charge in [0.25, 0.3) is 5.91 Å². The molecule has 0 spiro atoms. The number of anilines is 2. The SMILES string of the molecule is CCCCN(Cc1ccco1)c1ccc(NC(=O)Cc2ccc(F)cc2)cc1C(=O)NCCC. The molecule has 0 atom stereocenters. The summed E-state index contributed by atoms with van der Waals surface area (Å²) >= 11 is 0. The van der Waals surface area contributed by atoms with Crippen molar-refractivity contribution in [3.05, 3.63) is 83.6 Å². The molecule has 3 rings (SSSR count). The normalized spacial score (nSPS) is 10.7. The number of hydrogen-bond acceptors (Lipinski definition) is 4. The lowest BCUT2D eigenvalue weighted by Gasteiger charge is -2.26. The molecule has 0 unspecified atom stereocenters. The van der Waals surface area contributed by atoms with Crippen LogP contribution >= 0.6 is 0 Å². The Balaban J connectivity index is 1.85. The standard InChI is InChI=1S/C27H32FN3O3/c1-3-5-15-31(19-23-7-6-16-34-23)25-13-12-22(18-24(25)27(33)29-14-4-2)30-26(32)17-20-8-10-21(28)11-9-20/h6-13,16,18H,3-5,14-15,17,19H2,1-2H3,(H,29,33)(H,30,32). The zero-order valence-electron chi connectivity index (χ0n) is 19.8. The molecule has 0 fully saturated rings. The highest BCUT2D eigenvalue weighted by atomic mass is 19.1. The van der Waals surface area contributed by atoms with Gasteiger partial charge in [-0.05, 0) is 60.9 Å². The maximum absolute atomic E-state index is 13.1. The summed E-state index contributed by atoms with van der Waals surface area (Å²) in [6.45, 7) is 5.99. The quantitative estimate of drug-likeness (QED) is 0.368. The van der Waals surface area contributed by atoms with E-state index in [9.17, 15) is 14.0 Å². The second-order valence-electron chi connectivity index (χ2n) is 8.19. The number of hydrogen-bond donors (Lipinski definition) is 2. The summed E-state index contributed by atoms with van der Waals surface area (Å²) < 4.78 is 18.7. The Labute approximate surface area is 200 Å². The van der Waals surface area contributed by atoms with Gasteiger partial charge >= 0.3 is 0 Å². The summed E-state index contributed by atoms with van der Waals surface area (Å²) in [6.07, 6.45) is 4.56. The van der Waals surface area contributed by atoms with Gasteiger partial charge in [-0.2, -0.15) is 0 Å². The number of benzene rings is 2. The molecule has 0 aliphatic rings. The molecule has 0 radical (unpaired) electrons. The monoisotopic (exact) mass is 465 g/mol. The molecule has 0 aliphatic carbocycles. The number of amides is 2. The molecule has 180 valence electrons. The Hall–Kier alpha value is -3.61. The fourth-order valence-electron chi connectivity index (χ4n) is 3.62. The number of carbonyl (C=O) groups excluding carboxylic acids is 2. The van der Waals surface area contributed by atoms with Gasteiger partial charge in [0.05, 0.1) is 30.5 Å². The second-order valence-corrected chi connectivity index (χ2v) is 8.19. The van der Waals surface area contributed by atoms with Crippen LogP contribution in [0.15, 0.2) is 65.3 Å². The molecule has 2 N–H and O–H groups in total. The summed E-state index contributed by atoms with van der Waals surface area (Å²) in [6, 6.07) is 15.0. The molecule has 2 amide bonds. The van der Waals surface area contributed by atoms with E-state index in [0.717, 1.165) is 37.3 Å². The number of rotatable bonds is 12. The Kier molecular flexibility index (Phi) is 9.26. The van der Waals surface area contributed by atoms with Gasteiger partial charge in [0.1, 0.15) is 11.6 Å². The van der Waals surface area contributed by atoms with Gasteiger partial charge in [-0.1, -0.05) is 32.4 Å². The largest absolute Gasteiger partial charge is 0.467 e. The predicted octanol–water partition coefficient (Wildman–Crippen LogP) is 5.55. The third-order valence-corrected chi connectivity index (χ3v) is 5.39. The van der Waals surface area contributed by atoms with Crippen molar-refractivity contribution in [2.24, 2.45) is 0 Å². The van der Waals surface area contributed by atoms with Crippen molar-refractivity contribution in [1.29, 1.82) is 0 Å². The summed E-state index contributed by atoms with van der Waals surface area (Å²) in [5.41, 5.74) is 2.53. The van der Waals surface area contributed by atoms with Crippen LogP contribution in [-0.4, -0.2) is 24.9 Å². The average molecular weight is 466 g/mol. The minimum absolute atomic E-state index is 0.112. The van der Waals surface area contributed by atoms with Crippen LogP contribution in [0, 0.1) is 5.82 Å². The minimum atomic E-state index is -0.343. The van der Waals surface area contributed by atoms with E-state index in [0.29, 0.717) is 29.9 Å². The molecular weight excluding hydrogens is 433 g/mol. The highest BCUT2D eigenvalue weighted by Crippen LogP contribution is 2.27. The van der Waals surface area contributed by atoms with Crippen molar-refractivity contribution in [1.82, 2.24) is 5.32 Å². The lowest BCUT2D eigenvalue weighted by Crippen LogP contribution is -2.30. The Morgan fingerprint density at radius 2 is 1.82 bits per heavy atom. The van der Waals surface area contributed by atoms with Gasteiger partial charge in [0.2, 0.25) is 5.91 Å². The summed E-state index contributed by atoms with van der Waals surface area (Å²) in [7, 11) is 0. The molecule has 0 saturated carbocycles. The molecule has 6 nitrogen and oxygen atoms in total. The van der Waals surface area contributed by atoms with Crippen molar-refractivity contribution >= 4 is 23.2 Å². The molecule has 1 aromatic heterocycles. The van der Waals surface area contributed by atoms with Gasteiger partial charge in [0, 0.05) is 18.8 Å². The lowest BCUT2D eigenvalue weighted by molar-refractivity contribution is -0.115. The van der Waals surface area contributed by atoms with Crippen LogP contribution in [0.4, 0.5) is 15.8 Å². The maximum Gasteiger partial charge on any atom is 0.253 e. The number of nitrogens with zero attached hydrogens (tertiary/aromatic N) is 1. The second kappa shape index (κ2) is 12.6. The molecule has 2 aromatic carbocycles. The summed E-state index contributed by atoms with van der Waals surface area (Å²) in [5.74, 6) is 0.0440. The summed E-state index contributed by atoms with van der Waals surface area (Å²) in [5, 5.41) is 5.81. The molecule has 0 aliphatic heterocycles. The molecule has 7 heteroatoms. The van der Waals surface area contributed by atoms with Gasteiger partial charge in [0.15, 0.2) is 0 Å². The van der Waals surface area contributed by atoms with Gasteiger partial charge in [-0.15, -0.1) is 0 Å². The van der Waals surface area contributed by atoms with Crippen molar-refractivity contribution in [2.45, 2.75) is 46.1 Å². The van der Waals surface area contributed by atoms with E-state index in [-0.39, 0.29) is 24.1 Å². The van der Waals surface area contributed by atoms with E-state index in [1.807, 2.05) is 25.1 Å².